The first-order valence-electron chi connectivity index (χ1n) is 11.3. The Hall–Kier alpha value is -3.32. The molecule has 1 heterocycles. The number of hydrogen-bond acceptors (Lipinski definition) is 6. The highest BCUT2D eigenvalue weighted by molar-refractivity contribution is 6.46. The van der Waals surface area contributed by atoms with Crippen molar-refractivity contribution in [2.24, 2.45) is 0 Å². The lowest BCUT2D eigenvalue weighted by Gasteiger charge is -2.26. The number of phenolic OH excluding ortho intramolecular Hbond substituents is 1. The number of ketones is 1. The molecule has 1 fully saturated rings. The number of carbonyl (C=O) groups excluding carboxylic acids is 2. The zero-order chi connectivity index (χ0) is 24.0. The topological polar surface area (TPSA) is 90.3 Å². The summed E-state index contributed by atoms with van der Waals surface area (Å²) in [6.45, 7) is 3.60. The molecule has 7 nitrogen and oxygen atoms in total. The van der Waals surface area contributed by atoms with E-state index in [1.54, 1.807) is 36.4 Å². The Kier molecular flexibility index (Phi) is 8.11. The summed E-state index contributed by atoms with van der Waals surface area (Å²) in [5.41, 5.74) is 0.998. The summed E-state index contributed by atoms with van der Waals surface area (Å²) >= 11 is 0. The van der Waals surface area contributed by atoms with E-state index in [-0.39, 0.29) is 17.1 Å². The van der Waals surface area contributed by atoms with Crippen LogP contribution in [0.3, 0.4) is 0 Å². The number of hydrogen-bond donors (Lipinski definition) is 2. The standard InChI is InChI=1S/C26H32N2O5/c1-4-5-6-16-33-21-12-10-18(11-13-21)24(30)22-23(19-8-7-9-20(29)17-19)28(15-14-27(2)3)26(32)25(22)31/h7-13,17,23,29-30H,4-6,14-16H2,1-3H3/b24-22-. The average molecular weight is 453 g/mol. The van der Waals surface area contributed by atoms with Crippen molar-refractivity contribution in [1.82, 2.24) is 9.80 Å². The van der Waals surface area contributed by atoms with Crippen LogP contribution in [0.15, 0.2) is 54.1 Å². The normalized spacial score (nSPS) is 17.7. The van der Waals surface area contributed by atoms with Gasteiger partial charge in [-0.05, 0) is 62.5 Å². The second kappa shape index (κ2) is 11.0. The van der Waals surface area contributed by atoms with E-state index in [0.717, 1.165) is 19.3 Å². The molecule has 0 aliphatic carbocycles. The van der Waals surface area contributed by atoms with Crippen LogP contribution < -0.4 is 4.74 Å². The highest BCUT2D eigenvalue weighted by Crippen LogP contribution is 2.40. The predicted molar refractivity (Wildman–Crippen MR) is 127 cm³/mol. The lowest BCUT2D eigenvalue weighted by molar-refractivity contribution is -0.140. The minimum atomic E-state index is -0.790. The number of unbranched alkanes of at least 4 members (excludes halogenated alkanes) is 2. The highest BCUT2D eigenvalue weighted by atomic mass is 16.5. The maximum atomic E-state index is 13.0. The SMILES string of the molecule is CCCCCOc1ccc(/C(O)=C2/C(=O)C(=O)N(CCN(C)C)C2c2cccc(O)c2)cc1. The van der Waals surface area contributed by atoms with E-state index in [4.69, 9.17) is 4.74 Å². The molecule has 1 aliphatic heterocycles. The molecule has 0 saturated carbocycles. The Morgan fingerprint density at radius 1 is 1.09 bits per heavy atom. The molecular formula is C26H32N2O5. The smallest absolute Gasteiger partial charge is 0.295 e. The first kappa shape index (κ1) is 24.3. The first-order valence-corrected chi connectivity index (χ1v) is 11.3. The van der Waals surface area contributed by atoms with Gasteiger partial charge >= 0.3 is 0 Å². The molecule has 1 atom stereocenters. The van der Waals surface area contributed by atoms with Crippen molar-refractivity contribution in [3.05, 3.63) is 65.2 Å². The number of carbonyl (C=O) groups is 2. The number of aliphatic hydroxyl groups is 1. The van der Waals surface area contributed by atoms with Crippen molar-refractivity contribution in [1.29, 1.82) is 0 Å². The van der Waals surface area contributed by atoms with Gasteiger partial charge in [0.05, 0.1) is 18.2 Å². The van der Waals surface area contributed by atoms with Gasteiger partial charge in [-0.25, -0.2) is 0 Å². The van der Waals surface area contributed by atoms with Gasteiger partial charge in [-0.3, -0.25) is 9.59 Å². The Balaban J connectivity index is 1.96. The Labute approximate surface area is 194 Å². The summed E-state index contributed by atoms with van der Waals surface area (Å²) in [5.74, 6) is -0.942. The fraction of sp³-hybridized carbons (Fsp3) is 0.385. The van der Waals surface area contributed by atoms with Crippen molar-refractivity contribution in [3.8, 4) is 11.5 Å². The van der Waals surface area contributed by atoms with E-state index >= 15 is 0 Å². The van der Waals surface area contributed by atoms with Crippen molar-refractivity contribution >= 4 is 17.4 Å². The summed E-state index contributed by atoms with van der Waals surface area (Å²) in [5, 5.41) is 21.1. The van der Waals surface area contributed by atoms with E-state index in [9.17, 15) is 19.8 Å². The molecule has 0 spiro atoms. The van der Waals surface area contributed by atoms with E-state index in [1.165, 1.54) is 17.0 Å². The maximum Gasteiger partial charge on any atom is 0.295 e. The molecule has 176 valence electrons. The number of amides is 1. The van der Waals surface area contributed by atoms with Crippen LogP contribution in [-0.2, 0) is 9.59 Å². The molecular weight excluding hydrogens is 420 g/mol. The number of aliphatic hydroxyl groups excluding tert-OH is 1. The minimum absolute atomic E-state index is 0.0148. The number of likely N-dealkylation sites (tertiary alicyclic amines) is 1. The van der Waals surface area contributed by atoms with Gasteiger partial charge < -0.3 is 24.7 Å². The van der Waals surface area contributed by atoms with Crippen LogP contribution in [0.2, 0.25) is 0 Å². The molecule has 1 saturated heterocycles. The number of likely N-dealkylation sites (N-methyl/N-ethyl adjacent to an activating group) is 1. The second-order valence-corrected chi connectivity index (χ2v) is 8.47. The molecule has 2 aromatic carbocycles. The summed E-state index contributed by atoms with van der Waals surface area (Å²) in [6.07, 6.45) is 3.18. The van der Waals surface area contributed by atoms with Crippen molar-refractivity contribution < 1.29 is 24.5 Å². The van der Waals surface area contributed by atoms with Crippen LogP contribution in [-0.4, -0.2) is 65.5 Å². The summed E-state index contributed by atoms with van der Waals surface area (Å²) in [4.78, 5) is 29.3. The number of rotatable bonds is 10. The second-order valence-electron chi connectivity index (χ2n) is 8.47. The van der Waals surface area contributed by atoms with E-state index in [1.807, 2.05) is 19.0 Å². The molecule has 2 aromatic rings. The van der Waals surface area contributed by atoms with E-state index < -0.39 is 17.7 Å². The van der Waals surface area contributed by atoms with Gasteiger partial charge in [0, 0.05) is 18.7 Å². The van der Waals surface area contributed by atoms with Crippen LogP contribution in [0.1, 0.15) is 43.4 Å². The summed E-state index contributed by atoms with van der Waals surface area (Å²) < 4.78 is 5.72. The van der Waals surface area contributed by atoms with Crippen LogP contribution in [0, 0.1) is 0 Å². The maximum absolute atomic E-state index is 13.0. The summed E-state index contributed by atoms with van der Waals surface area (Å²) in [7, 11) is 3.76. The molecule has 1 unspecified atom stereocenters. The lowest BCUT2D eigenvalue weighted by Crippen LogP contribution is -2.35. The third-order valence-electron chi connectivity index (χ3n) is 5.66. The number of nitrogens with zero attached hydrogens (tertiary/aromatic N) is 2. The van der Waals surface area contributed by atoms with Gasteiger partial charge in [-0.2, -0.15) is 0 Å². The summed E-state index contributed by atoms with van der Waals surface area (Å²) in [6, 6.07) is 12.5. The van der Waals surface area contributed by atoms with Gasteiger partial charge in [0.15, 0.2) is 0 Å². The molecule has 33 heavy (non-hydrogen) atoms. The number of Topliss-reactive ketones (excluding diaryl/α,β-unsaturated/α-hetero) is 1. The van der Waals surface area contributed by atoms with Crippen LogP contribution in [0.25, 0.3) is 5.76 Å². The Morgan fingerprint density at radius 2 is 1.82 bits per heavy atom. The molecule has 2 N–H and O–H groups in total. The van der Waals surface area contributed by atoms with Crippen LogP contribution in [0.5, 0.6) is 11.5 Å². The number of phenols is 1. The number of aromatic hydroxyl groups is 1. The molecule has 0 aromatic heterocycles. The number of benzene rings is 2. The van der Waals surface area contributed by atoms with Crippen molar-refractivity contribution in [2.45, 2.75) is 32.2 Å². The van der Waals surface area contributed by atoms with Crippen LogP contribution in [0.4, 0.5) is 0 Å². The Morgan fingerprint density at radius 3 is 2.45 bits per heavy atom. The fourth-order valence-electron chi connectivity index (χ4n) is 3.87. The lowest BCUT2D eigenvalue weighted by atomic mass is 9.95. The fourth-order valence-corrected chi connectivity index (χ4v) is 3.87. The highest BCUT2D eigenvalue weighted by Gasteiger charge is 2.45. The van der Waals surface area contributed by atoms with Gasteiger partial charge in [0.2, 0.25) is 0 Å². The van der Waals surface area contributed by atoms with E-state index in [0.29, 0.717) is 36.6 Å². The Bertz CT molecular complexity index is 1010. The molecule has 3 rings (SSSR count). The molecule has 0 bridgehead atoms. The molecule has 1 aliphatic rings. The predicted octanol–water partition coefficient (Wildman–Crippen LogP) is 3.94. The van der Waals surface area contributed by atoms with Crippen molar-refractivity contribution in [3.63, 3.8) is 0 Å². The first-order chi connectivity index (χ1) is 15.8. The monoisotopic (exact) mass is 452 g/mol. The van der Waals surface area contributed by atoms with Gasteiger partial charge in [-0.1, -0.05) is 31.9 Å². The van der Waals surface area contributed by atoms with Gasteiger partial charge in [0.25, 0.3) is 11.7 Å². The van der Waals surface area contributed by atoms with Gasteiger partial charge in [-0.15, -0.1) is 0 Å². The van der Waals surface area contributed by atoms with Crippen molar-refractivity contribution in [2.75, 3.05) is 33.8 Å². The van der Waals surface area contributed by atoms with Gasteiger partial charge in [0.1, 0.15) is 17.3 Å². The third kappa shape index (κ3) is 5.73. The minimum Gasteiger partial charge on any atom is -0.508 e. The van der Waals surface area contributed by atoms with Crippen LogP contribution >= 0.6 is 0 Å². The third-order valence-corrected chi connectivity index (χ3v) is 5.66. The zero-order valence-electron chi connectivity index (χ0n) is 19.5. The molecule has 7 heteroatoms. The molecule has 0 radical (unpaired) electrons. The van der Waals surface area contributed by atoms with E-state index in [2.05, 4.69) is 6.92 Å². The zero-order valence-corrected chi connectivity index (χ0v) is 19.5. The quantitative estimate of drug-likeness (QED) is 0.246. The molecule has 1 amide bonds. The largest absolute Gasteiger partial charge is 0.508 e. The number of ether oxygens (including phenoxy) is 1. The average Bonchev–Trinajstić information content (AvgIpc) is 3.05.